The number of ether oxygens (including phenoxy) is 1. The molecule has 0 aliphatic carbocycles. The molecule has 1 amide bonds. The number of aryl methyl sites for hydroxylation is 1. The molecule has 1 aromatic carbocycles. The molecule has 2 aromatic heterocycles. The van der Waals surface area contributed by atoms with Crippen LogP contribution in [0.2, 0.25) is 0 Å². The molecule has 0 spiro atoms. The van der Waals surface area contributed by atoms with E-state index in [1.807, 2.05) is 41.3 Å². The van der Waals surface area contributed by atoms with Crippen molar-refractivity contribution in [2.75, 3.05) is 45.2 Å². The third kappa shape index (κ3) is 8.18. The van der Waals surface area contributed by atoms with Crippen molar-refractivity contribution >= 4 is 28.7 Å². The molecule has 39 heavy (non-hydrogen) atoms. The van der Waals surface area contributed by atoms with Gasteiger partial charge in [0.1, 0.15) is 17.0 Å². The molecule has 1 N–H and O–H groups in total. The number of likely N-dealkylation sites (tertiary alicyclic amines) is 1. The number of piperidine rings is 1. The second kappa shape index (κ2) is 14.3. The summed E-state index contributed by atoms with van der Waals surface area (Å²) in [6.07, 6.45) is 4.91. The number of nitrogens with one attached hydrogen (secondary N) is 1. The van der Waals surface area contributed by atoms with Gasteiger partial charge in [-0.1, -0.05) is 41.5 Å². The van der Waals surface area contributed by atoms with Crippen molar-refractivity contribution in [3.05, 3.63) is 42.1 Å². The zero-order chi connectivity index (χ0) is 27.1. The highest BCUT2D eigenvalue weighted by atomic mass is 16.5. The fourth-order valence-electron chi connectivity index (χ4n) is 5.15. The number of methoxy groups -OCH3 is 1. The van der Waals surface area contributed by atoms with Crippen molar-refractivity contribution in [3.63, 3.8) is 0 Å². The lowest BCUT2D eigenvalue weighted by atomic mass is 10.1. The normalized spacial score (nSPS) is 14.0. The zero-order valence-corrected chi connectivity index (χ0v) is 23.7. The second-order valence-electron chi connectivity index (χ2n) is 11.2. The van der Waals surface area contributed by atoms with Crippen LogP contribution in [-0.4, -0.2) is 70.1 Å². The van der Waals surface area contributed by atoms with E-state index in [1.54, 1.807) is 7.11 Å². The smallest absolute Gasteiger partial charge is 0.272 e. The van der Waals surface area contributed by atoms with E-state index in [-0.39, 0.29) is 13.3 Å². The minimum atomic E-state index is -0.0139. The summed E-state index contributed by atoms with van der Waals surface area (Å²) in [5.41, 5.74) is 2.94. The van der Waals surface area contributed by atoms with Crippen LogP contribution in [0.3, 0.4) is 0 Å². The van der Waals surface area contributed by atoms with Gasteiger partial charge in [0.05, 0.1) is 7.11 Å². The minimum Gasteiger partial charge on any atom is -0.497 e. The quantitative estimate of drug-likeness (QED) is 0.287. The van der Waals surface area contributed by atoms with Gasteiger partial charge in [-0.05, 0) is 87.1 Å². The van der Waals surface area contributed by atoms with Crippen molar-refractivity contribution in [2.45, 2.75) is 67.3 Å². The third-order valence-electron chi connectivity index (χ3n) is 6.92. The SMILES string of the molecule is C.COc1ccc(Nc2nc3ccc(C(=O)N(CC(C)C)CC(C)C)nc3n2CCCN2CCCCC2)cc1. The summed E-state index contributed by atoms with van der Waals surface area (Å²) in [5, 5.41) is 3.47. The number of aromatic nitrogens is 3. The number of rotatable bonds is 12. The molecule has 214 valence electrons. The lowest BCUT2D eigenvalue weighted by Crippen LogP contribution is -2.37. The van der Waals surface area contributed by atoms with E-state index in [4.69, 9.17) is 14.7 Å². The molecule has 0 radical (unpaired) electrons. The van der Waals surface area contributed by atoms with Crippen molar-refractivity contribution in [1.29, 1.82) is 0 Å². The number of carbonyl (C=O) groups is 1. The number of benzene rings is 1. The van der Waals surface area contributed by atoms with Crippen LogP contribution in [0, 0.1) is 11.8 Å². The summed E-state index contributed by atoms with van der Waals surface area (Å²) in [6.45, 7) is 14.2. The third-order valence-corrected chi connectivity index (χ3v) is 6.92. The number of pyridine rings is 1. The van der Waals surface area contributed by atoms with Crippen LogP contribution in [0.1, 0.15) is 71.3 Å². The first-order valence-electron chi connectivity index (χ1n) is 14.1. The van der Waals surface area contributed by atoms with Crippen LogP contribution in [0.25, 0.3) is 11.2 Å². The molecule has 0 bridgehead atoms. The van der Waals surface area contributed by atoms with Gasteiger partial charge in [-0.25, -0.2) is 9.97 Å². The Morgan fingerprint density at radius 1 is 0.949 bits per heavy atom. The van der Waals surface area contributed by atoms with E-state index in [1.165, 1.54) is 32.4 Å². The number of fused-ring (bicyclic) bond motifs is 1. The van der Waals surface area contributed by atoms with Gasteiger partial charge in [0.15, 0.2) is 5.65 Å². The van der Waals surface area contributed by atoms with Crippen LogP contribution in [0.4, 0.5) is 11.6 Å². The molecular weight excluding hydrogens is 488 g/mol. The van der Waals surface area contributed by atoms with Crippen LogP contribution >= 0.6 is 0 Å². The summed E-state index contributed by atoms with van der Waals surface area (Å²) >= 11 is 0. The van der Waals surface area contributed by atoms with Gasteiger partial charge < -0.3 is 19.9 Å². The first-order valence-corrected chi connectivity index (χ1v) is 14.1. The Labute approximate surface area is 234 Å². The fraction of sp³-hybridized carbons (Fsp3) is 0.581. The summed E-state index contributed by atoms with van der Waals surface area (Å²) in [4.78, 5) is 27.8. The van der Waals surface area contributed by atoms with Gasteiger partial charge in [0, 0.05) is 25.3 Å². The lowest BCUT2D eigenvalue weighted by Gasteiger charge is -2.26. The molecule has 0 atom stereocenters. The van der Waals surface area contributed by atoms with Crippen molar-refractivity contribution < 1.29 is 9.53 Å². The van der Waals surface area contributed by atoms with Gasteiger partial charge in [0.2, 0.25) is 5.95 Å². The summed E-state index contributed by atoms with van der Waals surface area (Å²) < 4.78 is 7.44. The summed E-state index contributed by atoms with van der Waals surface area (Å²) in [5.74, 6) is 2.31. The standard InChI is InChI=1S/C30H44N6O2.CH4/c1-22(2)20-35(21-23(3)4)29(37)27-15-14-26-28(32-27)36(19-9-18-34-16-7-6-8-17-34)30(33-26)31-24-10-12-25(38-5)13-11-24;/h10-15,22-23H,6-9,16-21H2,1-5H3,(H,31,33);1H4. The Morgan fingerprint density at radius 3 is 2.23 bits per heavy atom. The molecule has 1 fully saturated rings. The molecule has 1 aliphatic heterocycles. The Morgan fingerprint density at radius 2 is 1.62 bits per heavy atom. The number of nitrogens with zero attached hydrogens (tertiary/aromatic N) is 5. The molecule has 3 heterocycles. The van der Waals surface area contributed by atoms with Crippen LogP contribution in [0.15, 0.2) is 36.4 Å². The van der Waals surface area contributed by atoms with E-state index >= 15 is 0 Å². The summed E-state index contributed by atoms with van der Waals surface area (Å²) in [7, 11) is 1.66. The lowest BCUT2D eigenvalue weighted by molar-refractivity contribution is 0.0709. The molecule has 8 nitrogen and oxygen atoms in total. The molecular formula is C31H48N6O2. The molecule has 0 unspecified atom stereocenters. The molecule has 8 heteroatoms. The van der Waals surface area contributed by atoms with Gasteiger partial charge in [0.25, 0.3) is 5.91 Å². The predicted molar refractivity (Wildman–Crippen MR) is 161 cm³/mol. The number of amides is 1. The molecule has 0 saturated carbocycles. The van der Waals surface area contributed by atoms with Crippen LogP contribution in [-0.2, 0) is 6.54 Å². The van der Waals surface area contributed by atoms with Gasteiger partial charge in [-0.2, -0.15) is 0 Å². The highest BCUT2D eigenvalue weighted by Gasteiger charge is 2.22. The van der Waals surface area contributed by atoms with E-state index < -0.39 is 0 Å². The van der Waals surface area contributed by atoms with Crippen LogP contribution in [0.5, 0.6) is 5.75 Å². The highest BCUT2D eigenvalue weighted by Crippen LogP contribution is 2.25. The maximum atomic E-state index is 13.5. The first kappa shape index (κ1) is 30.4. The summed E-state index contributed by atoms with van der Waals surface area (Å²) in [6, 6.07) is 11.6. The van der Waals surface area contributed by atoms with Gasteiger partial charge in [-0.3, -0.25) is 9.36 Å². The van der Waals surface area contributed by atoms with E-state index in [9.17, 15) is 4.79 Å². The van der Waals surface area contributed by atoms with Crippen molar-refractivity contribution in [3.8, 4) is 5.75 Å². The van der Waals surface area contributed by atoms with Gasteiger partial charge in [-0.15, -0.1) is 0 Å². The molecule has 4 rings (SSSR count). The maximum absolute atomic E-state index is 13.5. The maximum Gasteiger partial charge on any atom is 0.272 e. The number of carbonyl (C=O) groups excluding carboxylic acids is 1. The Hall–Kier alpha value is -3.13. The van der Waals surface area contributed by atoms with Crippen molar-refractivity contribution in [2.24, 2.45) is 11.8 Å². The average molecular weight is 537 g/mol. The van der Waals surface area contributed by atoms with Gasteiger partial charge >= 0.3 is 0 Å². The minimum absolute atomic E-state index is 0. The second-order valence-corrected chi connectivity index (χ2v) is 11.2. The molecule has 1 aliphatic rings. The largest absolute Gasteiger partial charge is 0.497 e. The number of hydrogen-bond donors (Lipinski definition) is 1. The topological polar surface area (TPSA) is 75.5 Å². The molecule has 1 saturated heterocycles. The van der Waals surface area contributed by atoms with Crippen LogP contribution < -0.4 is 10.1 Å². The first-order chi connectivity index (χ1) is 18.3. The molecule has 3 aromatic rings. The van der Waals surface area contributed by atoms with E-state index in [0.717, 1.165) is 61.1 Å². The Balaban J connectivity index is 0.00000420. The Bertz CT molecular complexity index is 1170. The van der Waals surface area contributed by atoms with E-state index in [2.05, 4.69) is 42.5 Å². The fourth-order valence-corrected chi connectivity index (χ4v) is 5.15. The monoisotopic (exact) mass is 536 g/mol. The Kier molecular flexibility index (Phi) is 11.2. The zero-order valence-electron chi connectivity index (χ0n) is 23.7. The predicted octanol–water partition coefficient (Wildman–Crippen LogP) is 6.45. The number of imidazole rings is 1. The number of anilines is 2. The van der Waals surface area contributed by atoms with E-state index in [0.29, 0.717) is 17.5 Å². The highest BCUT2D eigenvalue weighted by molar-refractivity contribution is 5.94. The number of hydrogen-bond acceptors (Lipinski definition) is 6. The van der Waals surface area contributed by atoms with Crippen molar-refractivity contribution in [1.82, 2.24) is 24.3 Å². The average Bonchev–Trinajstić information content (AvgIpc) is 3.24.